The van der Waals surface area contributed by atoms with E-state index in [0.717, 1.165) is 25.9 Å². The Morgan fingerprint density at radius 2 is 1.35 bits per heavy atom. The molecule has 0 saturated carbocycles. The fourth-order valence-corrected chi connectivity index (χ4v) is 2.27. The number of hydrogen-bond acceptors (Lipinski definition) is 2. The monoisotopic (exact) mass is 294 g/mol. The zero-order valence-corrected chi connectivity index (χ0v) is 10.9. The molecule has 0 radical (unpaired) electrons. The Balaban J connectivity index is 2.21. The second-order valence-electron chi connectivity index (χ2n) is 5.36. The predicted octanol–water partition coefficient (Wildman–Crippen LogP) is 3.18. The molecule has 112 valence electrons. The molecule has 0 spiro atoms. The lowest BCUT2D eigenvalue weighted by atomic mass is 9.81. The van der Waals surface area contributed by atoms with Crippen LogP contribution in [-0.2, 0) is 0 Å². The summed E-state index contributed by atoms with van der Waals surface area (Å²) in [6, 6.07) is 0. The maximum atomic E-state index is 13.5. The molecule has 2 rings (SSSR count). The van der Waals surface area contributed by atoms with Crippen molar-refractivity contribution >= 4 is 5.69 Å². The van der Waals surface area contributed by atoms with E-state index in [4.69, 9.17) is 0 Å². The van der Waals surface area contributed by atoms with Crippen molar-refractivity contribution in [2.24, 2.45) is 5.41 Å². The molecular weight excluding hydrogens is 279 g/mol. The molecule has 1 aromatic rings. The first-order valence-electron chi connectivity index (χ1n) is 6.32. The molecule has 1 aliphatic rings. The van der Waals surface area contributed by atoms with E-state index in [1.807, 2.05) is 6.92 Å². The molecule has 1 aliphatic heterocycles. The Hall–Kier alpha value is -1.37. The average molecular weight is 294 g/mol. The summed E-state index contributed by atoms with van der Waals surface area (Å²) in [4.78, 5) is 0. The van der Waals surface area contributed by atoms with E-state index in [1.54, 1.807) is 0 Å². The second kappa shape index (κ2) is 5.55. The largest absolute Gasteiger partial charge is 0.380 e. The van der Waals surface area contributed by atoms with Crippen LogP contribution < -0.4 is 10.6 Å². The molecular formula is C13H15F5N2. The van der Waals surface area contributed by atoms with Gasteiger partial charge in [-0.05, 0) is 31.3 Å². The number of anilines is 1. The molecule has 1 fully saturated rings. The summed E-state index contributed by atoms with van der Waals surface area (Å²) >= 11 is 0. The highest BCUT2D eigenvalue weighted by Crippen LogP contribution is 2.31. The Kier molecular flexibility index (Phi) is 4.17. The molecule has 7 heteroatoms. The third-order valence-corrected chi connectivity index (χ3v) is 3.71. The first kappa shape index (κ1) is 15.0. The van der Waals surface area contributed by atoms with Crippen LogP contribution in [0, 0.1) is 34.5 Å². The van der Waals surface area contributed by atoms with Gasteiger partial charge in [0.05, 0.1) is 0 Å². The highest BCUT2D eigenvalue weighted by molar-refractivity contribution is 5.47. The maximum Gasteiger partial charge on any atom is 0.200 e. The lowest BCUT2D eigenvalue weighted by Crippen LogP contribution is -2.39. The van der Waals surface area contributed by atoms with Gasteiger partial charge in [-0.1, -0.05) is 6.92 Å². The van der Waals surface area contributed by atoms with Crippen LogP contribution in [0.15, 0.2) is 0 Å². The smallest absolute Gasteiger partial charge is 0.200 e. The molecule has 1 aromatic carbocycles. The van der Waals surface area contributed by atoms with Crippen molar-refractivity contribution in [3.8, 4) is 0 Å². The topological polar surface area (TPSA) is 24.1 Å². The zero-order chi connectivity index (χ0) is 14.9. The molecule has 1 heterocycles. The molecule has 0 amide bonds. The zero-order valence-electron chi connectivity index (χ0n) is 10.9. The Morgan fingerprint density at radius 1 is 0.900 bits per heavy atom. The van der Waals surface area contributed by atoms with E-state index in [2.05, 4.69) is 10.6 Å². The number of piperidine rings is 1. The van der Waals surface area contributed by atoms with Crippen LogP contribution in [-0.4, -0.2) is 19.6 Å². The maximum absolute atomic E-state index is 13.5. The molecule has 0 unspecified atom stereocenters. The minimum Gasteiger partial charge on any atom is -0.380 e. The minimum absolute atomic E-state index is 0.146. The van der Waals surface area contributed by atoms with Crippen molar-refractivity contribution in [1.82, 2.24) is 5.32 Å². The van der Waals surface area contributed by atoms with Crippen molar-refractivity contribution in [1.29, 1.82) is 0 Å². The molecule has 2 nitrogen and oxygen atoms in total. The molecule has 2 N–H and O–H groups in total. The van der Waals surface area contributed by atoms with Crippen molar-refractivity contribution in [3.63, 3.8) is 0 Å². The van der Waals surface area contributed by atoms with E-state index in [1.165, 1.54) is 0 Å². The lowest BCUT2D eigenvalue weighted by molar-refractivity contribution is 0.246. The van der Waals surface area contributed by atoms with Gasteiger partial charge in [0.2, 0.25) is 5.82 Å². The Bertz CT molecular complexity index is 483. The predicted molar refractivity (Wildman–Crippen MR) is 64.9 cm³/mol. The summed E-state index contributed by atoms with van der Waals surface area (Å²) in [6.45, 7) is 3.57. The Labute approximate surface area is 113 Å². The van der Waals surface area contributed by atoms with Crippen LogP contribution in [0.25, 0.3) is 0 Å². The van der Waals surface area contributed by atoms with Crippen LogP contribution >= 0.6 is 0 Å². The van der Waals surface area contributed by atoms with Gasteiger partial charge in [0.25, 0.3) is 0 Å². The van der Waals surface area contributed by atoms with Crippen LogP contribution in [0.4, 0.5) is 27.6 Å². The quantitative estimate of drug-likeness (QED) is 0.508. The molecule has 20 heavy (non-hydrogen) atoms. The van der Waals surface area contributed by atoms with Crippen molar-refractivity contribution in [2.45, 2.75) is 19.8 Å². The number of halogens is 5. The highest BCUT2D eigenvalue weighted by Gasteiger charge is 2.30. The van der Waals surface area contributed by atoms with Gasteiger partial charge in [-0.25, -0.2) is 22.0 Å². The molecule has 0 aliphatic carbocycles. The first-order chi connectivity index (χ1) is 9.36. The van der Waals surface area contributed by atoms with Gasteiger partial charge in [-0.2, -0.15) is 0 Å². The number of rotatable bonds is 3. The third kappa shape index (κ3) is 2.72. The summed E-state index contributed by atoms with van der Waals surface area (Å²) < 4.78 is 66.0. The van der Waals surface area contributed by atoms with Crippen LogP contribution in [0.1, 0.15) is 19.8 Å². The van der Waals surface area contributed by atoms with E-state index in [9.17, 15) is 22.0 Å². The van der Waals surface area contributed by atoms with E-state index in [0.29, 0.717) is 0 Å². The fourth-order valence-electron chi connectivity index (χ4n) is 2.27. The van der Waals surface area contributed by atoms with Crippen molar-refractivity contribution in [3.05, 3.63) is 29.1 Å². The number of hydrogen-bond donors (Lipinski definition) is 2. The fraction of sp³-hybridized carbons (Fsp3) is 0.538. The Morgan fingerprint density at radius 3 is 1.85 bits per heavy atom. The summed E-state index contributed by atoms with van der Waals surface area (Å²) in [5.74, 6) is -9.64. The summed E-state index contributed by atoms with van der Waals surface area (Å²) in [5.41, 5.74) is -1.20. The van der Waals surface area contributed by atoms with Crippen molar-refractivity contribution in [2.75, 3.05) is 25.0 Å². The van der Waals surface area contributed by atoms with Gasteiger partial charge in [0.15, 0.2) is 23.3 Å². The van der Waals surface area contributed by atoms with Gasteiger partial charge in [-0.15, -0.1) is 0 Å². The summed E-state index contributed by atoms with van der Waals surface area (Å²) in [5, 5.41) is 5.52. The number of nitrogens with one attached hydrogen (secondary N) is 2. The van der Waals surface area contributed by atoms with Gasteiger partial charge in [0, 0.05) is 6.54 Å². The third-order valence-electron chi connectivity index (χ3n) is 3.71. The van der Waals surface area contributed by atoms with Gasteiger partial charge in [-0.3, -0.25) is 0 Å². The van der Waals surface area contributed by atoms with E-state index in [-0.39, 0.29) is 12.0 Å². The minimum atomic E-state index is -2.14. The van der Waals surface area contributed by atoms with Gasteiger partial charge < -0.3 is 10.6 Å². The van der Waals surface area contributed by atoms with Gasteiger partial charge in [0.1, 0.15) is 5.69 Å². The second-order valence-corrected chi connectivity index (χ2v) is 5.36. The molecule has 0 aromatic heterocycles. The summed E-state index contributed by atoms with van der Waals surface area (Å²) in [7, 11) is 0. The summed E-state index contributed by atoms with van der Waals surface area (Å²) in [6.07, 6.45) is 1.52. The van der Waals surface area contributed by atoms with Crippen LogP contribution in [0.5, 0.6) is 0 Å². The van der Waals surface area contributed by atoms with E-state index >= 15 is 0 Å². The lowest BCUT2D eigenvalue weighted by Gasteiger charge is -2.34. The van der Waals surface area contributed by atoms with Crippen LogP contribution in [0.2, 0.25) is 0 Å². The average Bonchev–Trinajstić information content (AvgIpc) is 2.44. The first-order valence-corrected chi connectivity index (χ1v) is 6.32. The normalized spacial score (nSPS) is 18.1. The van der Waals surface area contributed by atoms with Gasteiger partial charge >= 0.3 is 0 Å². The number of benzene rings is 1. The standard InChI is InChI=1S/C13H15F5N2/c1-13(2-4-19-5-3-13)6-20-12-10(17)8(15)7(14)9(16)11(12)18/h19-20H,2-6H2,1H3. The molecule has 1 saturated heterocycles. The molecule has 0 bridgehead atoms. The van der Waals surface area contributed by atoms with Crippen molar-refractivity contribution < 1.29 is 22.0 Å². The van der Waals surface area contributed by atoms with E-state index < -0.39 is 34.8 Å². The molecule has 0 atom stereocenters. The van der Waals surface area contributed by atoms with Crippen LogP contribution in [0.3, 0.4) is 0 Å². The highest BCUT2D eigenvalue weighted by atomic mass is 19.2. The SMILES string of the molecule is CC1(CNc2c(F)c(F)c(F)c(F)c2F)CCNCC1.